The van der Waals surface area contributed by atoms with Crippen LogP contribution in [0.15, 0.2) is 60.7 Å². The van der Waals surface area contributed by atoms with Crippen molar-refractivity contribution >= 4 is 23.6 Å². The van der Waals surface area contributed by atoms with Crippen LogP contribution in [-0.2, 0) is 4.79 Å². The Kier molecular flexibility index (Phi) is 7.66. The molecule has 0 spiro atoms. The minimum absolute atomic E-state index is 0.0735. The van der Waals surface area contributed by atoms with Crippen LogP contribution >= 0.6 is 11.6 Å². The molecule has 2 aromatic carbocycles. The summed E-state index contributed by atoms with van der Waals surface area (Å²) in [6.07, 6.45) is 4.45. The summed E-state index contributed by atoms with van der Waals surface area (Å²) < 4.78 is 0. The van der Waals surface area contributed by atoms with Crippen LogP contribution in [0.5, 0.6) is 0 Å². The molecule has 1 atom stereocenters. The first-order valence-corrected chi connectivity index (χ1v) is 10.4. The van der Waals surface area contributed by atoms with E-state index in [1.54, 1.807) is 4.90 Å². The molecular weight excluding hydrogens is 370 g/mol. The first kappa shape index (κ1) is 20.6. The van der Waals surface area contributed by atoms with Crippen molar-refractivity contribution in [3.05, 3.63) is 76.8 Å². The van der Waals surface area contributed by atoms with Crippen LogP contribution in [0.25, 0.3) is 6.08 Å². The molecule has 2 aromatic rings. The van der Waals surface area contributed by atoms with Gasteiger partial charge in [-0.1, -0.05) is 66.2 Å². The number of hydrogen-bond donors (Lipinski definition) is 3. The van der Waals surface area contributed by atoms with E-state index in [0.717, 1.165) is 38.3 Å². The molecule has 0 unspecified atom stereocenters. The minimum atomic E-state index is -0.0735. The smallest absolute Gasteiger partial charge is 0.275 e. The normalized spacial score (nSPS) is 20.8. The van der Waals surface area contributed by atoms with E-state index >= 15 is 0 Å². The molecule has 0 aliphatic carbocycles. The Morgan fingerprint density at radius 3 is 2.39 bits per heavy atom. The fourth-order valence-corrected chi connectivity index (χ4v) is 3.99. The first-order chi connectivity index (χ1) is 13.6. The van der Waals surface area contributed by atoms with Gasteiger partial charge in [-0.15, -0.1) is 0 Å². The molecule has 0 saturated carbocycles. The minimum Gasteiger partial charge on any atom is -0.345 e. The molecule has 0 aromatic heterocycles. The average molecular weight is 400 g/mol. The molecule has 0 radical (unpaired) electrons. The second-order valence-electron chi connectivity index (χ2n) is 7.50. The lowest BCUT2D eigenvalue weighted by molar-refractivity contribution is -1.01. The van der Waals surface area contributed by atoms with Crippen LogP contribution in [0, 0.1) is 0 Å². The van der Waals surface area contributed by atoms with E-state index in [1.807, 2.05) is 37.3 Å². The van der Waals surface area contributed by atoms with Crippen molar-refractivity contribution in [1.82, 2.24) is 5.32 Å². The molecule has 1 fully saturated rings. The summed E-state index contributed by atoms with van der Waals surface area (Å²) in [5.74, 6) is 0.0924. The van der Waals surface area contributed by atoms with Crippen LogP contribution in [0.3, 0.4) is 0 Å². The van der Waals surface area contributed by atoms with Crippen molar-refractivity contribution in [3.63, 3.8) is 0 Å². The highest BCUT2D eigenvalue weighted by atomic mass is 35.5. The van der Waals surface area contributed by atoms with Gasteiger partial charge in [0.1, 0.15) is 26.2 Å². The molecule has 1 amide bonds. The Bertz CT molecular complexity index is 785. The largest absolute Gasteiger partial charge is 0.345 e. The number of carbonyl (C=O) groups is 1. The predicted octanol–water partition coefficient (Wildman–Crippen LogP) is 1.01. The van der Waals surface area contributed by atoms with Gasteiger partial charge in [-0.2, -0.15) is 0 Å². The Hall–Kier alpha value is -2.14. The van der Waals surface area contributed by atoms with Gasteiger partial charge in [0.05, 0.1) is 12.6 Å². The van der Waals surface area contributed by atoms with Crippen LogP contribution < -0.4 is 15.1 Å². The fourth-order valence-electron chi connectivity index (χ4n) is 3.69. The highest BCUT2D eigenvalue weighted by molar-refractivity contribution is 6.31. The van der Waals surface area contributed by atoms with Crippen molar-refractivity contribution in [2.75, 3.05) is 39.3 Å². The number of halogens is 1. The SMILES string of the molecule is C[C@H](NC(=O)C[NH+]1CC[NH+](C/C=C/c2ccccc2)CC1)c1ccccc1Cl. The van der Waals surface area contributed by atoms with Crippen LogP contribution in [-0.4, -0.2) is 45.2 Å². The number of benzene rings is 2. The van der Waals surface area contributed by atoms with Gasteiger partial charge in [0.2, 0.25) is 0 Å². The Morgan fingerprint density at radius 1 is 1.04 bits per heavy atom. The van der Waals surface area contributed by atoms with Gasteiger partial charge in [0.15, 0.2) is 6.54 Å². The molecule has 3 N–H and O–H groups in total. The molecule has 148 valence electrons. The first-order valence-electron chi connectivity index (χ1n) is 10.0. The van der Waals surface area contributed by atoms with Gasteiger partial charge in [-0.25, -0.2) is 0 Å². The maximum Gasteiger partial charge on any atom is 0.275 e. The fraction of sp³-hybridized carbons (Fsp3) is 0.348. The lowest BCUT2D eigenvalue weighted by Crippen LogP contribution is -3.28. The van der Waals surface area contributed by atoms with E-state index in [0.29, 0.717) is 11.6 Å². The highest BCUT2D eigenvalue weighted by Crippen LogP contribution is 2.21. The Balaban J connectivity index is 1.38. The second kappa shape index (κ2) is 10.4. The third-order valence-corrected chi connectivity index (χ3v) is 5.68. The summed E-state index contributed by atoms with van der Waals surface area (Å²) in [7, 11) is 0. The Labute approximate surface area is 172 Å². The van der Waals surface area contributed by atoms with Gasteiger partial charge < -0.3 is 15.1 Å². The van der Waals surface area contributed by atoms with Gasteiger partial charge in [0.25, 0.3) is 5.91 Å². The topological polar surface area (TPSA) is 38.0 Å². The number of hydrogen-bond acceptors (Lipinski definition) is 1. The number of quaternary nitrogens is 2. The zero-order valence-electron chi connectivity index (χ0n) is 16.5. The molecule has 5 heteroatoms. The zero-order valence-corrected chi connectivity index (χ0v) is 17.2. The van der Waals surface area contributed by atoms with Gasteiger partial charge >= 0.3 is 0 Å². The molecule has 1 saturated heterocycles. The lowest BCUT2D eigenvalue weighted by Gasteiger charge is -2.29. The monoisotopic (exact) mass is 399 g/mol. The summed E-state index contributed by atoms with van der Waals surface area (Å²) in [6, 6.07) is 18.0. The van der Waals surface area contributed by atoms with Gasteiger partial charge in [-0.05, 0) is 30.2 Å². The average Bonchev–Trinajstić information content (AvgIpc) is 2.70. The third-order valence-electron chi connectivity index (χ3n) is 5.34. The molecular formula is C23H30ClN3O+2. The van der Waals surface area contributed by atoms with Crippen molar-refractivity contribution in [3.8, 4) is 0 Å². The van der Waals surface area contributed by atoms with Crippen LogP contribution in [0.4, 0.5) is 0 Å². The third kappa shape index (κ3) is 6.20. The summed E-state index contributed by atoms with van der Waals surface area (Å²) in [4.78, 5) is 15.4. The maximum absolute atomic E-state index is 12.4. The van der Waals surface area contributed by atoms with E-state index in [1.165, 1.54) is 10.5 Å². The standard InChI is InChI=1S/C23H28ClN3O/c1-19(21-11-5-6-12-22(21)24)25-23(28)18-27-16-14-26(15-17-27)13-7-10-20-8-3-2-4-9-20/h2-12,19H,13-18H2,1H3,(H,25,28)/p+2/b10-7+/t19-/m0/s1. The summed E-state index contributed by atoms with van der Waals surface area (Å²) in [5.41, 5.74) is 2.21. The second-order valence-corrected chi connectivity index (χ2v) is 7.91. The number of rotatable bonds is 7. The van der Waals surface area contributed by atoms with Crippen LogP contribution in [0.1, 0.15) is 24.1 Å². The molecule has 1 heterocycles. The van der Waals surface area contributed by atoms with Crippen molar-refractivity contribution in [1.29, 1.82) is 0 Å². The van der Waals surface area contributed by atoms with E-state index < -0.39 is 0 Å². The van der Waals surface area contributed by atoms with Crippen LogP contribution in [0.2, 0.25) is 5.02 Å². The zero-order chi connectivity index (χ0) is 19.8. The number of amides is 1. The number of nitrogens with one attached hydrogen (secondary N) is 3. The van der Waals surface area contributed by atoms with Gasteiger partial charge in [-0.3, -0.25) is 4.79 Å². The summed E-state index contributed by atoms with van der Waals surface area (Å²) in [6.45, 7) is 7.81. The maximum atomic E-state index is 12.4. The van der Waals surface area contributed by atoms with Crippen molar-refractivity contribution in [2.45, 2.75) is 13.0 Å². The van der Waals surface area contributed by atoms with E-state index in [-0.39, 0.29) is 11.9 Å². The molecule has 4 nitrogen and oxygen atoms in total. The molecule has 3 rings (SSSR count). The Morgan fingerprint density at radius 2 is 1.68 bits per heavy atom. The van der Waals surface area contributed by atoms with E-state index in [2.05, 4.69) is 41.7 Å². The summed E-state index contributed by atoms with van der Waals surface area (Å²) >= 11 is 6.23. The van der Waals surface area contributed by atoms with E-state index in [4.69, 9.17) is 11.6 Å². The summed E-state index contributed by atoms with van der Waals surface area (Å²) in [5, 5.41) is 3.78. The molecule has 28 heavy (non-hydrogen) atoms. The predicted molar refractivity (Wildman–Crippen MR) is 115 cm³/mol. The number of carbonyl (C=O) groups excluding carboxylic acids is 1. The van der Waals surface area contributed by atoms with Crippen molar-refractivity contribution < 1.29 is 14.6 Å². The quantitative estimate of drug-likeness (QED) is 0.639. The molecule has 1 aliphatic heterocycles. The van der Waals surface area contributed by atoms with Gasteiger partial charge in [0, 0.05) is 5.02 Å². The number of piperazine rings is 1. The lowest BCUT2D eigenvalue weighted by atomic mass is 10.1. The highest BCUT2D eigenvalue weighted by Gasteiger charge is 2.24. The molecule has 0 bridgehead atoms. The van der Waals surface area contributed by atoms with E-state index in [9.17, 15) is 4.79 Å². The van der Waals surface area contributed by atoms with Crippen molar-refractivity contribution in [2.24, 2.45) is 0 Å². The molecule has 1 aliphatic rings.